The topological polar surface area (TPSA) is 86.1 Å². The number of amides is 1. The minimum absolute atomic E-state index is 0.257. The highest BCUT2D eigenvalue weighted by Gasteiger charge is 2.41. The summed E-state index contributed by atoms with van der Waals surface area (Å²) in [5.74, 6) is -2.58. The smallest absolute Gasteiger partial charge is 0.383 e. The van der Waals surface area contributed by atoms with Crippen molar-refractivity contribution in [3.8, 4) is 0 Å². The Balaban J connectivity index is 2.60. The van der Waals surface area contributed by atoms with Crippen molar-refractivity contribution in [2.75, 3.05) is 13.7 Å². The fourth-order valence-corrected chi connectivity index (χ4v) is 1.38. The first-order valence-corrected chi connectivity index (χ1v) is 5.54. The lowest BCUT2D eigenvalue weighted by molar-refractivity contribution is -0.122. The van der Waals surface area contributed by atoms with Gasteiger partial charge in [0, 0.05) is 13.2 Å². The van der Waals surface area contributed by atoms with E-state index >= 15 is 0 Å². The van der Waals surface area contributed by atoms with Crippen LogP contribution in [0.5, 0.6) is 0 Å². The molecule has 0 aliphatic rings. The van der Waals surface area contributed by atoms with E-state index in [4.69, 9.17) is 4.74 Å². The van der Waals surface area contributed by atoms with Crippen LogP contribution < -0.4 is 5.32 Å². The molecular weight excluding hydrogens is 281 g/mol. The van der Waals surface area contributed by atoms with Crippen molar-refractivity contribution in [1.82, 2.24) is 20.3 Å². The zero-order valence-corrected chi connectivity index (χ0v) is 10.8. The van der Waals surface area contributed by atoms with Gasteiger partial charge in [-0.2, -0.15) is 13.2 Å². The van der Waals surface area contributed by atoms with Gasteiger partial charge < -0.3 is 10.1 Å². The maximum atomic E-state index is 12.1. The average Bonchev–Trinajstić information content (AvgIpc) is 2.74. The molecule has 1 aromatic rings. The molecule has 1 atom stereocenters. The molecule has 0 radical (unpaired) electrons. The predicted octanol–water partition coefficient (Wildman–Crippen LogP) is 0.174. The van der Waals surface area contributed by atoms with Gasteiger partial charge in [-0.3, -0.25) is 9.59 Å². The molecule has 0 saturated carbocycles. The van der Waals surface area contributed by atoms with Gasteiger partial charge in [-0.05, 0) is 6.92 Å². The average molecular weight is 294 g/mol. The van der Waals surface area contributed by atoms with Crippen LogP contribution in [0.4, 0.5) is 13.2 Å². The van der Waals surface area contributed by atoms with Crippen LogP contribution in [0.2, 0.25) is 0 Å². The summed E-state index contributed by atoms with van der Waals surface area (Å²) in [7, 11) is 1.47. The Hall–Kier alpha value is -1.97. The monoisotopic (exact) mass is 294 g/mol. The maximum Gasteiger partial charge on any atom is 0.456 e. The summed E-state index contributed by atoms with van der Waals surface area (Å²) in [5, 5.41) is 8.93. The zero-order valence-electron chi connectivity index (χ0n) is 10.8. The summed E-state index contributed by atoms with van der Waals surface area (Å²) in [4.78, 5) is 22.4. The fourth-order valence-electron chi connectivity index (χ4n) is 1.38. The summed E-state index contributed by atoms with van der Waals surface area (Å²) < 4.78 is 42.1. The van der Waals surface area contributed by atoms with Gasteiger partial charge in [0.2, 0.25) is 5.91 Å². The molecule has 1 aromatic heterocycles. The second kappa shape index (κ2) is 6.46. The van der Waals surface area contributed by atoms with Crippen molar-refractivity contribution < 1.29 is 27.5 Å². The van der Waals surface area contributed by atoms with E-state index in [1.807, 2.05) is 0 Å². The third-order valence-corrected chi connectivity index (χ3v) is 2.16. The number of hydrogen-bond donors (Lipinski definition) is 1. The Morgan fingerprint density at radius 2 is 2.15 bits per heavy atom. The number of carbonyl (C=O) groups excluding carboxylic acids is 2. The number of ether oxygens (including phenoxy) is 1. The fraction of sp³-hybridized carbons (Fsp3) is 0.600. The summed E-state index contributed by atoms with van der Waals surface area (Å²) >= 11 is 0. The van der Waals surface area contributed by atoms with Gasteiger partial charge in [-0.15, -0.1) is 5.10 Å². The molecule has 0 bridgehead atoms. The van der Waals surface area contributed by atoms with Gasteiger partial charge in [0.15, 0.2) is 5.69 Å². The van der Waals surface area contributed by atoms with Crippen LogP contribution >= 0.6 is 0 Å². The van der Waals surface area contributed by atoms with Crippen LogP contribution in [0, 0.1) is 0 Å². The first-order chi connectivity index (χ1) is 9.24. The lowest BCUT2D eigenvalue weighted by Gasteiger charge is -2.12. The molecule has 0 aliphatic carbocycles. The third-order valence-electron chi connectivity index (χ3n) is 2.16. The zero-order chi connectivity index (χ0) is 15.3. The van der Waals surface area contributed by atoms with Crippen molar-refractivity contribution in [3.05, 3.63) is 11.9 Å². The molecule has 7 nitrogen and oxygen atoms in total. The van der Waals surface area contributed by atoms with Gasteiger partial charge in [0.1, 0.15) is 6.54 Å². The number of aromatic nitrogens is 3. The van der Waals surface area contributed by atoms with E-state index in [9.17, 15) is 22.8 Å². The van der Waals surface area contributed by atoms with Crippen LogP contribution in [0.3, 0.4) is 0 Å². The van der Waals surface area contributed by atoms with E-state index in [1.54, 1.807) is 6.92 Å². The second-order valence-corrected chi connectivity index (χ2v) is 4.05. The molecule has 1 N–H and O–H groups in total. The van der Waals surface area contributed by atoms with Gasteiger partial charge in [0.25, 0.3) is 5.78 Å². The largest absolute Gasteiger partial charge is 0.456 e. The van der Waals surface area contributed by atoms with Crippen LogP contribution in [-0.4, -0.2) is 52.6 Å². The number of ketones is 1. The number of Topliss-reactive ketones (excluding diaryl/α,β-unsaturated/α-hetero) is 1. The van der Waals surface area contributed by atoms with Gasteiger partial charge >= 0.3 is 6.18 Å². The lowest BCUT2D eigenvalue weighted by Crippen LogP contribution is -2.37. The summed E-state index contributed by atoms with van der Waals surface area (Å²) in [6.07, 6.45) is -4.24. The normalized spacial score (nSPS) is 13.1. The molecule has 1 heterocycles. The third kappa shape index (κ3) is 4.61. The summed E-state index contributed by atoms with van der Waals surface area (Å²) in [6, 6.07) is -0.257. The van der Waals surface area contributed by atoms with E-state index in [-0.39, 0.29) is 12.6 Å². The SMILES string of the molecule is COCC(C)NC(=O)Cn1cc(C(=O)C(F)(F)F)nn1. The Labute approximate surface area is 112 Å². The molecular formula is C10H13F3N4O3. The molecule has 112 valence electrons. The van der Waals surface area contributed by atoms with E-state index < -0.39 is 23.6 Å². The van der Waals surface area contributed by atoms with Crippen LogP contribution in [0.1, 0.15) is 17.4 Å². The quantitative estimate of drug-likeness (QED) is 0.756. The molecule has 1 rings (SSSR count). The Kier molecular flexibility index (Phi) is 5.19. The first-order valence-electron chi connectivity index (χ1n) is 5.54. The van der Waals surface area contributed by atoms with Gasteiger partial charge in [-0.1, -0.05) is 5.21 Å². The highest BCUT2D eigenvalue weighted by Crippen LogP contribution is 2.19. The molecule has 10 heteroatoms. The minimum atomic E-state index is -5.02. The number of hydrogen-bond acceptors (Lipinski definition) is 5. The van der Waals surface area contributed by atoms with E-state index in [0.29, 0.717) is 6.61 Å². The highest BCUT2D eigenvalue weighted by molar-refractivity contribution is 5.98. The second-order valence-electron chi connectivity index (χ2n) is 4.05. The standard InChI is InChI=1S/C10H13F3N4O3/c1-6(5-20-2)14-8(18)4-17-3-7(15-16-17)9(19)10(11,12)13/h3,6H,4-5H2,1-2H3,(H,14,18). The Bertz CT molecular complexity index is 486. The van der Waals surface area contributed by atoms with Crippen LogP contribution in [-0.2, 0) is 16.1 Å². The molecule has 0 saturated heterocycles. The number of nitrogens with zero attached hydrogens (tertiary/aromatic N) is 3. The van der Waals surface area contributed by atoms with E-state index in [2.05, 4.69) is 15.6 Å². The van der Waals surface area contributed by atoms with Gasteiger partial charge in [0.05, 0.1) is 12.8 Å². The summed E-state index contributed by atoms with van der Waals surface area (Å²) in [6.45, 7) is 1.65. The van der Waals surface area contributed by atoms with Crippen LogP contribution in [0.15, 0.2) is 6.20 Å². The Morgan fingerprint density at radius 1 is 1.50 bits per heavy atom. The molecule has 0 aromatic carbocycles. The number of rotatable bonds is 6. The minimum Gasteiger partial charge on any atom is -0.383 e. The molecule has 0 aliphatic heterocycles. The highest BCUT2D eigenvalue weighted by atomic mass is 19.4. The van der Waals surface area contributed by atoms with E-state index in [1.165, 1.54) is 7.11 Å². The van der Waals surface area contributed by atoms with Crippen molar-refractivity contribution in [2.45, 2.75) is 25.7 Å². The number of carbonyl (C=O) groups is 2. The number of nitrogens with one attached hydrogen (secondary N) is 1. The number of methoxy groups -OCH3 is 1. The first kappa shape index (κ1) is 16.1. The number of halogens is 3. The van der Waals surface area contributed by atoms with Crippen molar-refractivity contribution in [1.29, 1.82) is 0 Å². The Morgan fingerprint density at radius 3 is 2.70 bits per heavy atom. The van der Waals surface area contributed by atoms with Crippen molar-refractivity contribution >= 4 is 11.7 Å². The van der Waals surface area contributed by atoms with Crippen molar-refractivity contribution in [2.24, 2.45) is 0 Å². The maximum absolute atomic E-state index is 12.1. The lowest BCUT2D eigenvalue weighted by atomic mass is 10.3. The number of alkyl halides is 3. The van der Waals surface area contributed by atoms with Crippen molar-refractivity contribution in [3.63, 3.8) is 0 Å². The van der Waals surface area contributed by atoms with E-state index in [0.717, 1.165) is 10.9 Å². The predicted molar refractivity (Wildman–Crippen MR) is 59.9 cm³/mol. The molecule has 1 unspecified atom stereocenters. The molecule has 1 amide bonds. The molecule has 0 fully saturated rings. The molecule has 0 spiro atoms. The van der Waals surface area contributed by atoms with Crippen LogP contribution in [0.25, 0.3) is 0 Å². The summed E-state index contributed by atoms with van der Waals surface area (Å²) in [5.41, 5.74) is -0.852. The van der Waals surface area contributed by atoms with Gasteiger partial charge in [-0.25, -0.2) is 4.68 Å². The molecule has 20 heavy (non-hydrogen) atoms.